The largest absolute Gasteiger partial charge is 0.0654 e. The summed E-state index contributed by atoms with van der Waals surface area (Å²) in [5.41, 5.74) is 37.8. The number of fused-ring (bicyclic) bond motifs is 3. The maximum Gasteiger partial charge on any atom is -0.0103 e. The van der Waals surface area contributed by atoms with Crippen molar-refractivity contribution in [3.63, 3.8) is 0 Å². The Morgan fingerprint density at radius 2 is 0.626 bits per heavy atom. The van der Waals surface area contributed by atoms with E-state index in [-0.39, 0.29) is 0 Å². The summed E-state index contributed by atoms with van der Waals surface area (Å²) in [5.74, 6) is 3.43. The van der Waals surface area contributed by atoms with Crippen LogP contribution in [0, 0.1) is 116 Å². The lowest BCUT2D eigenvalue weighted by Crippen LogP contribution is -2.10. The van der Waals surface area contributed by atoms with E-state index in [1.807, 2.05) is 0 Å². The molecule has 0 heterocycles. The molecule has 2 saturated carbocycles. The van der Waals surface area contributed by atoms with E-state index in [0.29, 0.717) is 0 Å². The van der Waals surface area contributed by atoms with Crippen LogP contribution in [0.3, 0.4) is 0 Å². The van der Waals surface area contributed by atoms with Gasteiger partial charge in [0.15, 0.2) is 0 Å². The summed E-state index contributed by atoms with van der Waals surface area (Å²) < 4.78 is 0. The smallest absolute Gasteiger partial charge is 0.0103 e. The van der Waals surface area contributed by atoms with Crippen molar-refractivity contribution in [3.8, 4) is 22.3 Å². The van der Waals surface area contributed by atoms with Crippen molar-refractivity contribution in [2.75, 3.05) is 0 Å². The summed E-state index contributed by atoms with van der Waals surface area (Å²) in [6, 6.07) is 71.8. The minimum atomic E-state index is 0.850. The van der Waals surface area contributed by atoms with Crippen LogP contribution in [0.15, 0.2) is 194 Å². The van der Waals surface area contributed by atoms with Crippen LogP contribution in [-0.2, 0) is 32.1 Å². The molecular weight excluding hydrogens is 1480 g/mol. The molecule has 11 aromatic carbocycles. The van der Waals surface area contributed by atoms with Gasteiger partial charge in [-0.1, -0.05) is 424 Å². The standard InChI is InChI=1S/C24H42.C20H30.C20H18.C20H34.C17H16.C14H22.C8H10/c1-7-11-13-21(9-3)17-23-15-20(6)24(16-19(23)5)18-22(10-4)14-12-8-2;2*1-15-13-20(18-11-7-4-8-12-18)16(2)14-19(15)17-9-5-3-6-10-17;1-5-7-9-11-13-19-15-18(4)20(16-17(19)3)14-12-10-8-6-2;1-11-4-6-15-14(8-11)10-13(3)17-9-12(2)5-7-16(15)17;1-4-5-6-7-8-14-10-12(2)9-13(3)11-14;1-7-4-3-5-8(2)6-7/h15-16,21-22H,7-14,17-18H2,1-6H3;13-14,17-18H,3-12H2,1-2H3;3-14H,1-2H3;15-16H,5-14H2,1-4H3;4-10H,1-3H3;9-11H,4-8H2,1-3H3;3-6H,1-2H3. The number of hydrogen-bond donors (Lipinski definition) is 0. The molecule has 0 N–H and O–H groups in total. The van der Waals surface area contributed by atoms with Gasteiger partial charge in [-0.25, -0.2) is 0 Å². The van der Waals surface area contributed by atoms with Crippen LogP contribution in [0.5, 0.6) is 0 Å². The Bertz CT molecular complexity index is 4600. The molecule has 2 fully saturated rings. The van der Waals surface area contributed by atoms with Gasteiger partial charge >= 0.3 is 0 Å². The Morgan fingerprint density at radius 3 is 1.02 bits per heavy atom. The van der Waals surface area contributed by atoms with E-state index in [4.69, 9.17) is 0 Å². The Kier molecular flexibility index (Phi) is 46.5. The van der Waals surface area contributed by atoms with E-state index in [1.165, 1.54) is 346 Å². The van der Waals surface area contributed by atoms with Gasteiger partial charge in [0.25, 0.3) is 0 Å². The molecule has 0 saturated heterocycles. The molecule has 123 heavy (non-hydrogen) atoms. The van der Waals surface area contributed by atoms with Crippen LogP contribution in [0.4, 0.5) is 0 Å². The van der Waals surface area contributed by atoms with Gasteiger partial charge in [-0.05, 0) is 337 Å². The average molecular weight is 1650 g/mol. The molecule has 2 aliphatic carbocycles. The predicted molar refractivity (Wildman–Crippen MR) is 551 cm³/mol. The molecule has 2 atom stereocenters. The summed E-state index contributed by atoms with van der Waals surface area (Å²) in [7, 11) is 0. The number of rotatable bonds is 31. The van der Waals surface area contributed by atoms with Crippen LogP contribution < -0.4 is 0 Å². The zero-order valence-corrected chi connectivity index (χ0v) is 82.5. The highest BCUT2D eigenvalue weighted by molar-refractivity contribution is 6.09. The van der Waals surface area contributed by atoms with Crippen molar-refractivity contribution < 1.29 is 0 Å². The van der Waals surface area contributed by atoms with E-state index in [2.05, 4.69) is 346 Å². The minimum absolute atomic E-state index is 0.850. The van der Waals surface area contributed by atoms with Crippen LogP contribution in [0.25, 0.3) is 43.8 Å². The number of aryl methyl sites for hydroxylation is 18. The molecule has 0 aliphatic heterocycles. The van der Waals surface area contributed by atoms with Crippen molar-refractivity contribution in [1.82, 2.24) is 0 Å². The third kappa shape index (κ3) is 35.0. The van der Waals surface area contributed by atoms with Crippen molar-refractivity contribution in [2.24, 2.45) is 11.8 Å². The van der Waals surface area contributed by atoms with E-state index in [0.717, 1.165) is 23.7 Å². The third-order valence-electron chi connectivity index (χ3n) is 27.0. The monoisotopic (exact) mass is 1650 g/mol. The summed E-state index contributed by atoms with van der Waals surface area (Å²) in [6.07, 6.45) is 47.8. The van der Waals surface area contributed by atoms with E-state index in [1.54, 1.807) is 44.5 Å². The van der Waals surface area contributed by atoms with Crippen molar-refractivity contribution in [3.05, 3.63) is 317 Å². The molecule has 2 aliphatic rings. The molecular formula is C123H172. The maximum atomic E-state index is 2.55. The van der Waals surface area contributed by atoms with Crippen LogP contribution in [-0.4, -0.2) is 0 Å². The van der Waals surface area contributed by atoms with E-state index >= 15 is 0 Å². The Labute approximate surface area is 756 Å². The number of benzene rings is 11. The van der Waals surface area contributed by atoms with Crippen molar-refractivity contribution in [1.29, 1.82) is 0 Å². The molecule has 0 bridgehead atoms. The molecule has 0 heteroatoms. The van der Waals surface area contributed by atoms with Gasteiger partial charge in [0.05, 0.1) is 0 Å². The first kappa shape index (κ1) is 102. The van der Waals surface area contributed by atoms with Crippen molar-refractivity contribution in [2.45, 2.75) is 389 Å². The van der Waals surface area contributed by atoms with Crippen LogP contribution in [0.2, 0.25) is 0 Å². The summed E-state index contributed by atoms with van der Waals surface area (Å²) in [5, 5.41) is 5.45. The van der Waals surface area contributed by atoms with Crippen molar-refractivity contribution >= 4 is 21.5 Å². The first-order valence-corrected chi connectivity index (χ1v) is 49.9. The summed E-state index contributed by atoms with van der Waals surface area (Å²) >= 11 is 0. The molecule has 0 aromatic heterocycles. The molecule has 664 valence electrons. The van der Waals surface area contributed by atoms with Gasteiger partial charge in [0.1, 0.15) is 0 Å². The molecule has 13 rings (SSSR count). The Morgan fingerprint density at radius 1 is 0.252 bits per heavy atom. The number of hydrogen-bond acceptors (Lipinski definition) is 0. The predicted octanol–water partition coefficient (Wildman–Crippen LogP) is 38.1. The van der Waals surface area contributed by atoms with Gasteiger partial charge in [-0.15, -0.1) is 0 Å². The highest BCUT2D eigenvalue weighted by Crippen LogP contribution is 2.41. The highest BCUT2D eigenvalue weighted by atomic mass is 14.3. The quantitative estimate of drug-likeness (QED) is 0.0300. The topological polar surface area (TPSA) is 0 Å². The molecule has 2 unspecified atom stereocenters. The second-order valence-corrected chi connectivity index (χ2v) is 38.2. The normalized spacial score (nSPS) is 13.2. The van der Waals surface area contributed by atoms with Gasteiger partial charge in [-0.2, -0.15) is 0 Å². The highest BCUT2D eigenvalue weighted by Gasteiger charge is 2.23. The zero-order chi connectivity index (χ0) is 89.0. The lowest BCUT2D eigenvalue weighted by Gasteiger charge is -2.28. The number of unbranched alkanes of at least 4 members (excludes halogenated alkanes) is 11. The molecule has 11 aromatic rings. The lowest BCUT2D eigenvalue weighted by molar-refractivity contribution is 0.437. The third-order valence-corrected chi connectivity index (χ3v) is 27.0. The van der Waals surface area contributed by atoms with Gasteiger partial charge < -0.3 is 0 Å². The Balaban J connectivity index is 0.000000200. The lowest BCUT2D eigenvalue weighted by atomic mass is 9.77. The van der Waals surface area contributed by atoms with Gasteiger partial charge in [-0.3, -0.25) is 0 Å². The molecule has 0 radical (unpaired) electrons. The van der Waals surface area contributed by atoms with Crippen LogP contribution >= 0.6 is 0 Å². The Hall–Kier alpha value is -8.06. The second kappa shape index (κ2) is 56.1. The molecule has 0 amide bonds. The second-order valence-electron chi connectivity index (χ2n) is 38.2. The fourth-order valence-corrected chi connectivity index (χ4v) is 19.4. The molecule has 0 spiro atoms. The molecule has 0 nitrogen and oxygen atoms in total. The first-order chi connectivity index (χ1) is 59.4. The fraction of sp³-hybridized carbons (Fsp3) is 0.496. The maximum absolute atomic E-state index is 2.55. The van der Waals surface area contributed by atoms with Gasteiger partial charge in [0.2, 0.25) is 0 Å². The van der Waals surface area contributed by atoms with Crippen LogP contribution in [0.1, 0.15) is 375 Å². The fourth-order valence-electron chi connectivity index (χ4n) is 19.4. The van der Waals surface area contributed by atoms with E-state index in [9.17, 15) is 0 Å². The first-order valence-electron chi connectivity index (χ1n) is 49.9. The zero-order valence-electron chi connectivity index (χ0n) is 82.5. The SMILES string of the molecule is CCCCC(CC)Cc1cc(C)c(CC(CC)CCCC)cc1C.CCCCCCc1cc(C)c(CCCCCC)cc1C.CCCCCCc1cc(C)cc(C)c1.Cc1cc(-c2ccccc2)c(C)cc1-c1ccccc1.Cc1cc(C2CCCCC2)c(C)cc1C1CCCCC1.Cc1ccc2c(c1)cc(C)c1cc(C)ccc12.Cc1cccc(C)c1. The minimum Gasteiger partial charge on any atom is -0.0654 e. The summed E-state index contributed by atoms with van der Waals surface area (Å²) in [6.45, 7) is 49.6. The summed E-state index contributed by atoms with van der Waals surface area (Å²) in [4.78, 5) is 0. The van der Waals surface area contributed by atoms with E-state index < -0.39 is 0 Å². The average Bonchev–Trinajstić information content (AvgIpc) is 0.772. The van der Waals surface area contributed by atoms with Gasteiger partial charge in [0, 0.05) is 0 Å².